The van der Waals surface area contributed by atoms with Crippen LogP contribution in [0.15, 0.2) is 48.5 Å². The second-order valence-corrected chi connectivity index (χ2v) is 6.23. The van der Waals surface area contributed by atoms with Crippen LogP contribution in [0.2, 0.25) is 10.2 Å². The van der Waals surface area contributed by atoms with Crippen LogP contribution in [0.4, 0.5) is 10.1 Å². The van der Waals surface area contributed by atoms with E-state index >= 15 is 0 Å². The maximum absolute atomic E-state index is 13.3. The van der Waals surface area contributed by atoms with Crippen LogP contribution in [0.3, 0.4) is 0 Å². The molecule has 25 heavy (non-hydrogen) atoms. The van der Waals surface area contributed by atoms with E-state index in [2.05, 4.69) is 10.4 Å². The quantitative estimate of drug-likeness (QED) is 0.699. The molecular formula is C18H14Cl2FN3O. The number of hydrogen-bond acceptors (Lipinski definition) is 2. The number of benzene rings is 2. The largest absolute Gasteiger partial charge is 0.322 e. The molecule has 1 amide bonds. The predicted octanol–water partition coefficient (Wildman–Crippen LogP) is 4.94. The lowest BCUT2D eigenvalue weighted by Crippen LogP contribution is -2.13. The van der Waals surface area contributed by atoms with E-state index in [-0.39, 0.29) is 10.7 Å². The molecule has 1 aromatic heterocycles. The van der Waals surface area contributed by atoms with Gasteiger partial charge in [0.15, 0.2) is 0 Å². The van der Waals surface area contributed by atoms with Gasteiger partial charge >= 0.3 is 0 Å². The van der Waals surface area contributed by atoms with Gasteiger partial charge in [0.25, 0.3) is 5.91 Å². The molecule has 0 saturated heterocycles. The number of carbonyl (C=O) groups is 1. The van der Waals surface area contributed by atoms with Gasteiger partial charge in [-0.2, -0.15) is 5.10 Å². The molecule has 0 saturated carbocycles. The van der Waals surface area contributed by atoms with Gasteiger partial charge in [0, 0.05) is 10.7 Å². The zero-order valence-corrected chi connectivity index (χ0v) is 14.8. The third kappa shape index (κ3) is 3.83. The minimum Gasteiger partial charge on any atom is -0.322 e. The predicted molar refractivity (Wildman–Crippen MR) is 96.9 cm³/mol. The van der Waals surface area contributed by atoms with Crippen molar-refractivity contribution in [3.05, 3.63) is 81.3 Å². The Balaban J connectivity index is 1.86. The molecule has 2 aromatic carbocycles. The van der Waals surface area contributed by atoms with E-state index in [9.17, 15) is 9.18 Å². The Bertz CT molecular complexity index is 940. The zero-order chi connectivity index (χ0) is 18.0. The molecule has 3 rings (SSSR count). The number of carbonyl (C=O) groups excluding carboxylic acids is 1. The summed E-state index contributed by atoms with van der Waals surface area (Å²) in [6, 6.07) is 13.0. The average molecular weight is 378 g/mol. The number of rotatable bonds is 4. The number of amides is 1. The fraction of sp³-hybridized carbons (Fsp3) is 0.111. The molecule has 0 aliphatic rings. The van der Waals surface area contributed by atoms with Crippen molar-refractivity contribution in [1.29, 1.82) is 0 Å². The first-order valence-electron chi connectivity index (χ1n) is 7.49. The Morgan fingerprint density at radius 1 is 1.20 bits per heavy atom. The lowest BCUT2D eigenvalue weighted by Gasteiger charge is -2.07. The van der Waals surface area contributed by atoms with E-state index in [0.29, 0.717) is 22.9 Å². The zero-order valence-electron chi connectivity index (χ0n) is 13.3. The number of aromatic nitrogens is 2. The summed E-state index contributed by atoms with van der Waals surface area (Å²) >= 11 is 12.5. The molecule has 0 spiro atoms. The molecule has 7 heteroatoms. The number of nitrogens with one attached hydrogen (secondary N) is 1. The summed E-state index contributed by atoms with van der Waals surface area (Å²) in [4.78, 5) is 12.5. The number of halogens is 3. The van der Waals surface area contributed by atoms with Gasteiger partial charge in [-0.1, -0.05) is 47.5 Å². The van der Waals surface area contributed by atoms with Crippen LogP contribution in [0, 0.1) is 12.7 Å². The minimum atomic E-state index is -0.446. The molecule has 0 fully saturated rings. The van der Waals surface area contributed by atoms with Crippen molar-refractivity contribution in [3.8, 4) is 0 Å². The summed E-state index contributed by atoms with van der Waals surface area (Å²) in [7, 11) is 0. The fourth-order valence-electron chi connectivity index (χ4n) is 2.46. The molecule has 1 N–H and O–H groups in total. The van der Waals surface area contributed by atoms with Gasteiger partial charge in [0.1, 0.15) is 11.0 Å². The van der Waals surface area contributed by atoms with Crippen LogP contribution >= 0.6 is 23.2 Å². The van der Waals surface area contributed by atoms with Crippen LogP contribution in [0.1, 0.15) is 21.6 Å². The molecule has 3 aromatic rings. The van der Waals surface area contributed by atoms with E-state index in [1.165, 1.54) is 22.9 Å². The van der Waals surface area contributed by atoms with E-state index in [4.69, 9.17) is 23.2 Å². The van der Waals surface area contributed by atoms with E-state index < -0.39 is 11.7 Å². The Labute approximate surface area is 154 Å². The first kappa shape index (κ1) is 17.5. The molecule has 0 atom stereocenters. The molecule has 0 aliphatic carbocycles. The summed E-state index contributed by atoms with van der Waals surface area (Å²) in [5.74, 6) is -0.881. The van der Waals surface area contributed by atoms with Crippen LogP contribution in [-0.2, 0) is 6.54 Å². The lowest BCUT2D eigenvalue weighted by molar-refractivity contribution is 0.102. The highest BCUT2D eigenvalue weighted by molar-refractivity contribution is 6.34. The topological polar surface area (TPSA) is 46.9 Å². The van der Waals surface area contributed by atoms with Crippen molar-refractivity contribution in [3.63, 3.8) is 0 Å². The summed E-state index contributed by atoms with van der Waals surface area (Å²) in [6.45, 7) is 2.03. The first-order chi connectivity index (χ1) is 12.0. The van der Waals surface area contributed by atoms with Crippen LogP contribution < -0.4 is 5.32 Å². The average Bonchev–Trinajstić information content (AvgIpc) is 2.83. The van der Waals surface area contributed by atoms with Crippen LogP contribution in [0.25, 0.3) is 0 Å². The van der Waals surface area contributed by atoms with Gasteiger partial charge in [0.2, 0.25) is 0 Å². The fourth-order valence-corrected chi connectivity index (χ4v) is 2.98. The summed E-state index contributed by atoms with van der Waals surface area (Å²) in [6.07, 6.45) is 0. The Hall–Kier alpha value is -2.37. The highest BCUT2D eigenvalue weighted by Gasteiger charge is 2.21. The normalized spacial score (nSPS) is 10.7. The van der Waals surface area contributed by atoms with Gasteiger partial charge in [0.05, 0.1) is 17.8 Å². The molecular weight excluding hydrogens is 364 g/mol. The first-order valence-corrected chi connectivity index (χ1v) is 8.24. The SMILES string of the molecule is Cc1nn(Cc2ccccc2Cl)c(Cl)c1C(=O)Nc1cccc(F)c1. The summed E-state index contributed by atoms with van der Waals surface area (Å²) < 4.78 is 14.8. The van der Waals surface area contributed by atoms with Gasteiger partial charge in [-0.25, -0.2) is 9.07 Å². The molecule has 0 unspecified atom stereocenters. The molecule has 128 valence electrons. The van der Waals surface area contributed by atoms with Gasteiger partial charge in [-0.05, 0) is 36.8 Å². The van der Waals surface area contributed by atoms with E-state index in [1.807, 2.05) is 18.2 Å². The second kappa shape index (κ2) is 7.25. The highest BCUT2D eigenvalue weighted by Crippen LogP contribution is 2.24. The van der Waals surface area contributed by atoms with E-state index in [1.54, 1.807) is 19.1 Å². The number of hydrogen-bond donors (Lipinski definition) is 1. The Kier molecular flexibility index (Phi) is 5.06. The van der Waals surface area contributed by atoms with Gasteiger partial charge < -0.3 is 5.32 Å². The Morgan fingerprint density at radius 3 is 2.68 bits per heavy atom. The summed E-state index contributed by atoms with van der Waals surface area (Å²) in [5, 5.41) is 7.74. The monoisotopic (exact) mass is 377 g/mol. The Morgan fingerprint density at radius 2 is 1.96 bits per heavy atom. The number of anilines is 1. The molecule has 0 radical (unpaired) electrons. The van der Waals surface area contributed by atoms with Crippen LogP contribution in [0.5, 0.6) is 0 Å². The molecule has 1 heterocycles. The van der Waals surface area contributed by atoms with Gasteiger partial charge in [-0.15, -0.1) is 0 Å². The standard InChI is InChI=1S/C18H14Cl2FN3O/c1-11-16(18(25)22-14-7-4-6-13(21)9-14)17(20)24(23-11)10-12-5-2-3-8-15(12)19/h2-9H,10H2,1H3,(H,22,25). The van der Waals surface area contributed by atoms with Crippen molar-refractivity contribution in [2.45, 2.75) is 13.5 Å². The van der Waals surface area contributed by atoms with Crippen molar-refractivity contribution >= 4 is 34.8 Å². The van der Waals surface area contributed by atoms with Crippen molar-refractivity contribution in [2.24, 2.45) is 0 Å². The maximum Gasteiger partial charge on any atom is 0.260 e. The van der Waals surface area contributed by atoms with E-state index in [0.717, 1.165) is 5.56 Å². The number of nitrogens with zero attached hydrogens (tertiary/aromatic N) is 2. The minimum absolute atomic E-state index is 0.200. The van der Waals surface area contributed by atoms with Crippen LogP contribution in [-0.4, -0.2) is 15.7 Å². The summed E-state index contributed by atoms with van der Waals surface area (Å²) in [5.41, 5.74) is 1.91. The second-order valence-electron chi connectivity index (χ2n) is 5.46. The highest BCUT2D eigenvalue weighted by atomic mass is 35.5. The smallest absolute Gasteiger partial charge is 0.260 e. The third-order valence-electron chi connectivity index (χ3n) is 3.65. The number of aryl methyl sites for hydroxylation is 1. The lowest BCUT2D eigenvalue weighted by atomic mass is 10.2. The molecule has 4 nitrogen and oxygen atoms in total. The van der Waals surface area contributed by atoms with Crippen molar-refractivity contribution < 1.29 is 9.18 Å². The van der Waals surface area contributed by atoms with Gasteiger partial charge in [-0.3, -0.25) is 4.79 Å². The molecule has 0 aliphatic heterocycles. The molecule has 0 bridgehead atoms. The van der Waals surface area contributed by atoms with Crippen molar-refractivity contribution in [2.75, 3.05) is 5.32 Å². The maximum atomic E-state index is 13.3. The third-order valence-corrected chi connectivity index (χ3v) is 4.41. The van der Waals surface area contributed by atoms with Crippen molar-refractivity contribution in [1.82, 2.24) is 9.78 Å².